The molecule has 0 aliphatic rings. The van der Waals surface area contributed by atoms with Gasteiger partial charge in [-0.05, 0) is 18.6 Å². The highest BCUT2D eigenvalue weighted by atomic mass is 16.5. The number of rotatable bonds is 3. The molecule has 0 aliphatic heterocycles. The van der Waals surface area contributed by atoms with Crippen molar-refractivity contribution in [1.29, 1.82) is 0 Å². The van der Waals surface area contributed by atoms with E-state index in [0.29, 0.717) is 0 Å². The number of hydrogen-bond acceptors (Lipinski definition) is 3. The molecule has 0 fully saturated rings. The predicted octanol–water partition coefficient (Wildman–Crippen LogP) is 1.65. The van der Waals surface area contributed by atoms with Crippen LogP contribution in [0, 0.1) is 6.92 Å². The van der Waals surface area contributed by atoms with Crippen LogP contribution in [0.15, 0.2) is 30.0 Å². The van der Waals surface area contributed by atoms with Crippen LogP contribution in [0.4, 0.5) is 0 Å². The van der Waals surface area contributed by atoms with Gasteiger partial charge in [0.25, 0.3) is 0 Å². The zero-order chi connectivity index (χ0) is 12.8. The van der Waals surface area contributed by atoms with Gasteiger partial charge in [-0.2, -0.15) is 0 Å². The SMILES string of the molecule is COC(=O)/C(=C\c1ccc(C)cc1)NC(C)=O. The highest BCUT2D eigenvalue weighted by Gasteiger charge is 2.10. The molecule has 0 saturated heterocycles. The van der Waals surface area contributed by atoms with Crippen LogP contribution in [-0.4, -0.2) is 19.0 Å². The number of carbonyl (C=O) groups is 2. The van der Waals surface area contributed by atoms with Crippen molar-refractivity contribution in [2.24, 2.45) is 0 Å². The molecule has 1 aromatic rings. The third-order valence-electron chi connectivity index (χ3n) is 2.10. The van der Waals surface area contributed by atoms with E-state index in [-0.39, 0.29) is 11.6 Å². The number of ether oxygens (including phenoxy) is 1. The van der Waals surface area contributed by atoms with Crippen LogP contribution in [-0.2, 0) is 14.3 Å². The van der Waals surface area contributed by atoms with Gasteiger partial charge in [0.05, 0.1) is 7.11 Å². The Morgan fingerprint density at radius 3 is 2.29 bits per heavy atom. The molecular formula is C13H15NO3. The molecule has 0 aliphatic carbocycles. The van der Waals surface area contributed by atoms with Gasteiger partial charge in [-0.3, -0.25) is 4.79 Å². The van der Waals surface area contributed by atoms with Gasteiger partial charge in [0.15, 0.2) is 0 Å². The van der Waals surface area contributed by atoms with Gasteiger partial charge in [0.1, 0.15) is 5.70 Å². The fourth-order valence-corrected chi connectivity index (χ4v) is 1.27. The van der Waals surface area contributed by atoms with Crippen molar-refractivity contribution in [3.8, 4) is 0 Å². The van der Waals surface area contributed by atoms with E-state index in [9.17, 15) is 9.59 Å². The summed E-state index contributed by atoms with van der Waals surface area (Å²) in [6.45, 7) is 3.31. The Kier molecular flexibility index (Phi) is 4.46. The fourth-order valence-electron chi connectivity index (χ4n) is 1.27. The fraction of sp³-hybridized carbons (Fsp3) is 0.231. The van der Waals surface area contributed by atoms with Crippen LogP contribution in [0.2, 0.25) is 0 Å². The Balaban J connectivity index is 3.00. The molecule has 90 valence electrons. The minimum Gasteiger partial charge on any atom is -0.464 e. The normalized spacial score (nSPS) is 10.9. The van der Waals surface area contributed by atoms with E-state index < -0.39 is 5.97 Å². The van der Waals surface area contributed by atoms with Crippen LogP contribution >= 0.6 is 0 Å². The third kappa shape index (κ3) is 4.10. The van der Waals surface area contributed by atoms with Gasteiger partial charge in [0, 0.05) is 6.92 Å². The Labute approximate surface area is 100 Å². The second-order valence-corrected chi connectivity index (χ2v) is 3.64. The van der Waals surface area contributed by atoms with Gasteiger partial charge in [-0.25, -0.2) is 4.79 Å². The van der Waals surface area contributed by atoms with Gasteiger partial charge in [-0.15, -0.1) is 0 Å². The van der Waals surface area contributed by atoms with Crippen molar-refractivity contribution >= 4 is 18.0 Å². The van der Waals surface area contributed by atoms with E-state index in [1.807, 2.05) is 31.2 Å². The largest absolute Gasteiger partial charge is 0.464 e. The average molecular weight is 233 g/mol. The van der Waals surface area contributed by atoms with Crippen molar-refractivity contribution < 1.29 is 14.3 Å². The van der Waals surface area contributed by atoms with Crippen molar-refractivity contribution in [2.45, 2.75) is 13.8 Å². The van der Waals surface area contributed by atoms with Crippen LogP contribution in [0.5, 0.6) is 0 Å². The molecule has 0 atom stereocenters. The quantitative estimate of drug-likeness (QED) is 0.638. The Bertz CT molecular complexity index is 446. The molecule has 17 heavy (non-hydrogen) atoms. The maximum absolute atomic E-state index is 11.4. The molecule has 0 aromatic heterocycles. The van der Waals surface area contributed by atoms with E-state index in [1.54, 1.807) is 6.08 Å². The van der Waals surface area contributed by atoms with Crippen molar-refractivity contribution in [3.63, 3.8) is 0 Å². The number of aryl methyl sites for hydroxylation is 1. The van der Waals surface area contributed by atoms with Crippen LogP contribution in [0.25, 0.3) is 6.08 Å². The molecule has 0 saturated carbocycles. The molecule has 1 amide bonds. The average Bonchev–Trinajstić information content (AvgIpc) is 2.29. The molecule has 4 nitrogen and oxygen atoms in total. The smallest absolute Gasteiger partial charge is 0.354 e. The maximum Gasteiger partial charge on any atom is 0.354 e. The lowest BCUT2D eigenvalue weighted by Crippen LogP contribution is -2.25. The van der Waals surface area contributed by atoms with Gasteiger partial charge >= 0.3 is 5.97 Å². The topological polar surface area (TPSA) is 55.4 Å². The van der Waals surface area contributed by atoms with Crippen molar-refractivity contribution in [2.75, 3.05) is 7.11 Å². The standard InChI is InChI=1S/C13H15NO3/c1-9-4-6-11(7-5-9)8-12(13(16)17-3)14-10(2)15/h4-8H,1-3H3,(H,14,15)/b12-8+. The van der Waals surface area contributed by atoms with Crippen LogP contribution in [0.1, 0.15) is 18.1 Å². The molecule has 0 unspecified atom stereocenters. The molecule has 1 aromatic carbocycles. The number of hydrogen-bond donors (Lipinski definition) is 1. The van der Waals surface area contributed by atoms with Crippen molar-refractivity contribution in [3.05, 3.63) is 41.1 Å². The second kappa shape index (κ2) is 5.84. The first-order chi connectivity index (χ1) is 8.02. The molecular weight excluding hydrogens is 218 g/mol. The summed E-state index contributed by atoms with van der Waals surface area (Å²) in [5, 5.41) is 2.44. The Hall–Kier alpha value is -2.10. The summed E-state index contributed by atoms with van der Waals surface area (Å²) in [7, 11) is 1.27. The summed E-state index contributed by atoms with van der Waals surface area (Å²) in [5.74, 6) is -0.880. The Morgan fingerprint density at radius 2 is 1.82 bits per heavy atom. The lowest BCUT2D eigenvalue weighted by atomic mass is 10.1. The summed E-state index contributed by atoms with van der Waals surface area (Å²) in [6.07, 6.45) is 1.58. The minimum atomic E-state index is -0.569. The summed E-state index contributed by atoms with van der Waals surface area (Å²) >= 11 is 0. The van der Waals surface area contributed by atoms with E-state index in [4.69, 9.17) is 0 Å². The number of nitrogens with one attached hydrogen (secondary N) is 1. The molecule has 0 spiro atoms. The highest BCUT2D eigenvalue weighted by Crippen LogP contribution is 2.08. The zero-order valence-corrected chi connectivity index (χ0v) is 10.1. The second-order valence-electron chi connectivity index (χ2n) is 3.64. The molecule has 0 heterocycles. The number of methoxy groups -OCH3 is 1. The van der Waals surface area contributed by atoms with Gasteiger partial charge < -0.3 is 10.1 Å². The molecule has 1 N–H and O–H groups in total. The van der Waals surface area contributed by atoms with Crippen LogP contribution in [0.3, 0.4) is 0 Å². The van der Waals surface area contributed by atoms with Gasteiger partial charge in [-0.1, -0.05) is 29.8 Å². The van der Waals surface area contributed by atoms with E-state index in [1.165, 1.54) is 14.0 Å². The minimum absolute atomic E-state index is 0.129. The number of carbonyl (C=O) groups excluding carboxylic acids is 2. The van der Waals surface area contributed by atoms with Crippen LogP contribution < -0.4 is 5.32 Å². The Morgan fingerprint density at radius 1 is 1.24 bits per heavy atom. The molecule has 4 heteroatoms. The highest BCUT2D eigenvalue weighted by molar-refractivity contribution is 5.97. The third-order valence-corrected chi connectivity index (χ3v) is 2.10. The summed E-state index contributed by atoms with van der Waals surface area (Å²) in [4.78, 5) is 22.4. The number of benzene rings is 1. The lowest BCUT2D eigenvalue weighted by molar-refractivity contribution is -0.137. The van der Waals surface area contributed by atoms with E-state index in [0.717, 1.165) is 11.1 Å². The zero-order valence-electron chi connectivity index (χ0n) is 10.1. The van der Waals surface area contributed by atoms with Crippen molar-refractivity contribution in [1.82, 2.24) is 5.32 Å². The number of esters is 1. The van der Waals surface area contributed by atoms with Gasteiger partial charge in [0.2, 0.25) is 5.91 Å². The monoisotopic (exact) mass is 233 g/mol. The van der Waals surface area contributed by atoms with E-state index >= 15 is 0 Å². The first-order valence-corrected chi connectivity index (χ1v) is 5.17. The number of amides is 1. The summed E-state index contributed by atoms with van der Waals surface area (Å²) in [5.41, 5.74) is 2.08. The predicted molar refractivity (Wildman–Crippen MR) is 65.0 cm³/mol. The lowest BCUT2D eigenvalue weighted by Gasteiger charge is -2.06. The summed E-state index contributed by atoms with van der Waals surface area (Å²) < 4.78 is 4.59. The van der Waals surface area contributed by atoms with E-state index in [2.05, 4.69) is 10.1 Å². The molecule has 0 radical (unpaired) electrons. The summed E-state index contributed by atoms with van der Waals surface area (Å²) in [6, 6.07) is 7.57. The first kappa shape index (κ1) is 13.0. The maximum atomic E-state index is 11.4. The molecule has 1 rings (SSSR count). The molecule has 0 bridgehead atoms. The first-order valence-electron chi connectivity index (χ1n) is 5.17.